The van der Waals surface area contributed by atoms with Crippen molar-refractivity contribution in [3.63, 3.8) is 0 Å². The zero-order chi connectivity index (χ0) is 13.2. The van der Waals surface area contributed by atoms with Crippen molar-refractivity contribution in [2.24, 2.45) is 0 Å². The topological polar surface area (TPSA) is 81.2 Å². The SMILES string of the molecule is OCCN1CCN(c2nc(Cl)nc3nc[nH]c23)CC1. The van der Waals surface area contributed by atoms with Crippen molar-refractivity contribution in [1.82, 2.24) is 24.8 Å². The van der Waals surface area contributed by atoms with E-state index in [2.05, 4.69) is 29.7 Å². The van der Waals surface area contributed by atoms with Crippen molar-refractivity contribution in [3.8, 4) is 0 Å². The molecule has 0 radical (unpaired) electrons. The molecule has 7 nitrogen and oxygen atoms in total. The number of hydrogen-bond acceptors (Lipinski definition) is 6. The number of fused-ring (bicyclic) bond motifs is 1. The van der Waals surface area contributed by atoms with Gasteiger partial charge < -0.3 is 15.0 Å². The molecule has 0 aliphatic carbocycles. The second kappa shape index (κ2) is 5.28. The lowest BCUT2D eigenvalue weighted by molar-refractivity contribution is 0.188. The number of imidazole rings is 1. The molecule has 1 saturated heterocycles. The maximum atomic E-state index is 8.94. The highest BCUT2D eigenvalue weighted by atomic mass is 35.5. The van der Waals surface area contributed by atoms with Crippen LogP contribution in [0.25, 0.3) is 11.2 Å². The number of H-pyrrole nitrogens is 1. The van der Waals surface area contributed by atoms with Gasteiger partial charge >= 0.3 is 0 Å². The van der Waals surface area contributed by atoms with E-state index in [9.17, 15) is 0 Å². The zero-order valence-corrected chi connectivity index (χ0v) is 11.1. The number of aliphatic hydroxyl groups excluding tert-OH is 1. The molecular formula is C11H15ClN6O. The average molecular weight is 283 g/mol. The molecule has 0 unspecified atom stereocenters. The number of hydrogen-bond donors (Lipinski definition) is 2. The first kappa shape index (κ1) is 12.6. The highest BCUT2D eigenvalue weighted by Gasteiger charge is 2.21. The molecule has 2 aromatic heterocycles. The van der Waals surface area contributed by atoms with Crippen LogP contribution in [0.4, 0.5) is 5.82 Å². The van der Waals surface area contributed by atoms with Crippen molar-refractivity contribution in [2.45, 2.75) is 0 Å². The second-order valence-electron chi connectivity index (χ2n) is 4.47. The van der Waals surface area contributed by atoms with Crippen LogP contribution in [0.2, 0.25) is 5.28 Å². The minimum absolute atomic E-state index is 0.199. The third kappa shape index (κ3) is 2.49. The maximum absolute atomic E-state index is 8.94. The van der Waals surface area contributed by atoms with Gasteiger partial charge in [0.05, 0.1) is 12.9 Å². The molecule has 0 saturated carbocycles. The molecule has 0 atom stereocenters. The normalized spacial score (nSPS) is 17.3. The Kier molecular flexibility index (Phi) is 3.50. The fraction of sp³-hybridized carbons (Fsp3) is 0.545. The summed E-state index contributed by atoms with van der Waals surface area (Å²) >= 11 is 5.93. The molecule has 1 aliphatic heterocycles. The van der Waals surface area contributed by atoms with E-state index in [-0.39, 0.29) is 11.9 Å². The first-order chi connectivity index (χ1) is 9.28. The molecule has 2 aromatic rings. The van der Waals surface area contributed by atoms with Gasteiger partial charge in [-0.1, -0.05) is 0 Å². The van der Waals surface area contributed by atoms with Crippen LogP contribution in [0.15, 0.2) is 6.33 Å². The van der Waals surface area contributed by atoms with E-state index < -0.39 is 0 Å². The van der Waals surface area contributed by atoms with Gasteiger partial charge in [-0.25, -0.2) is 4.98 Å². The van der Waals surface area contributed by atoms with E-state index in [4.69, 9.17) is 16.7 Å². The van der Waals surface area contributed by atoms with Crippen molar-refractivity contribution >= 4 is 28.6 Å². The third-order valence-corrected chi connectivity index (χ3v) is 3.50. The van der Waals surface area contributed by atoms with E-state index in [1.807, 2.05) is 0 Å². The molecule has 1 aliphatic rings. The largest absolute Gasteiger partial charge is 0.395 e. The van der Waals surface area contributed by atoms with Gasteiger partial charge in [0.25, 0.3) is 0 Å². The molecule has 0 amide bonds. The number of halogens is 1. The smallest absolute Gasteiger partial charge is 0.226 e. The molecule has 0 bridgehead atoms. The lowest BCUT2D eigenvalue weighted by Crippen LogP contribution is -2.47. The predicted molar refractivity (Wildman–Crippen MR) is 72.4 cm³/mol. The number of β-amino-alcohol motifs (C(OH)–C–C–N with tert-alkyl or cyclic N) is 1. The lowest BCUT2D eigenvalue weighted by atomic mass is 10.3. The fourth-order valence-corrected chi connectivity index (χ4v) is 2.51. The number of aliphatic hydroxyl groups is 1. The van der Waals surface area contributed by atoms with Crippen LogP contribution < -0.4 is 4.90 Å². The third-order valence-electron chi connectivity index (χ3n) is 3.33. The van der Waals surface area contributed by atoms with Gasteiger partial charge in [0.2, 0.25) is 5.28 Å². The summed E-state index contributed by atoms with van der Waals surface area (Å²) in [4.78, 5) is 20.0. The Labute approximate surface area is 115 Å². The number of piperazine rings is 1. The van der Waals surface area contributed by atoms with Crippen LogP contribution in [0.3, 0.4) is 0 Å². The highest BCUT2D eigenvalue weighted by molar-refractivity contribution is 6.28. The zero-order valence-electron chi connectivity index (χ0n) is 10.4. The fourth-order valence-electron chi connectivity index (χ4n) is 2.35. The van der Waals surface area contributed by atoms with Gasteiger partial charge in [-0.05, 0) is 11.6 Å². The molecule has 102 valence electrons. The quantitative estimate of drug-likeness (QED) is 0.779. The number of aromatic nitrogens is 4. The van der Waals surface area contributed by atoms with E-state index in [1.165, 1.54) is 0 Å². The number of aromatic amines is 1. The van der Waals surface area contributed by atoms with E-state index in [0.717, 1.165) is 44.1 Å². The van der Waals surface area contributed by atoms with Crippen LogP contribution >= 0.6 is 11.6 Å². The van der Waals surface area contributed by atoms with Gasteiger partial charge in [0.1, 0.15) is 5.52 Å². The highest BCUT2D eigenvalue weighted by Crippen LogP contribution is 2.23. The lowest BCUT2D eigenvalue weighted by Gasteiger charge is -2.35. The molecule has 19 heavy (non-hydrogen) atoms. The summed E-state index contributed by atoms with van der Waals surface area (Å²) in [5.41, 5.74) is 1.41. The molecular weight excluding hydrogens is 268 g/mol. The molecule has 3 heterocycles. The summed E-state index contributed by atoms with van der Waals surface area (Å²) in [6.07, 6.45) is 1.60. The van der Waals surface area contributed by atoms with Crippen LogP contribution in [-0.4, -0.2) is 69.3 Å². The van der Waals surface area contributed by atoms with Crippen molar-refractivity contribution in [2.75, 3.05) is 44.2 Å². The summed E-state index contributed by atoms with van der Waals surface area (Å²) in [5.74, 6) is 0.802. The predicted octanol–water partition coefficient (Wildman–Crippen LogP) is 0.121. The van der Waals surface area contributed by atoms with Gasteiger partial charge in [-0.2, -0.15) is 9.97 Å². The standard InChI is InChI=1S/C11H15ClN6O/c12-11-15-9-8(13-7-14-9)10(16-11)18-3-1-17(2-4-18)5-6-19/h7,19H,1-6H2,(H,13,14,15,16). The summed E-state index contributed by atoms with van der Waals surface area (Å²) in [5, 5.41) is 9.16. The Morgan fingerprint density at radius 2 is 2.05 bits per heavy atom. The van der Waals surface area contributed by atoms with E-state index in [1.54, 1.807) is 6.33 Å². The molecule has 1 fully saturated rings. The summed E-state index contributed by atoms with van der Waals surface area (Å²) in [6, 6.07) is 0. The Balaban J connectivity index is 1.83. The molecule has 8 heteroatoms. The van der Waals surface area contributed by atoms with Gasteiger partial charge in [0.15, 0.2) is 11.5 Å². The summed E-state index contributed by atoms with van der Waals surface area (Å²) < 4.78 is 0. The molecule has 0 spiro atoms. The minimum atomic E-state index is 0.199. The average Bonchev–Trinajstić information content (AvgIpc) is 2.87. The monoisotopic (exact) mass is 282 g/mol. The molecule has 3 rings (SSSR count). The minimum Gasteiger partial charge on any atom is -0.395 e. The Hall–Kier alpha value is -1.44. The first-order valence-corrected chi connectivity index (χ1v) is 6.60. The van der Waals surface area contributed by atoms with Crippen molar-refractivity contribution < 1.29 is 5.11 Å². The Morgan fingerprint density at radius 1 is 1.26 bits per heavy atom. The number of anilines is 1. The van der Waals surface area contributed by atoms with Crippen LogP contribution in [0, 0.1) is 0 Å². The number of rotatable bonds is 3. The molecule has 2 N–H and O–H groups in total. The van der Waals surface area contributed by atoms with Crippen LogP contribution in [0.5, 0.6) is 0 Å². The Morgan fingerprint density at radius 3 is 2.79 bits per heavy atom. The van der Waals surface area contributed by atoms with Gasteiger partial charge in [-0.15, -0.1) is 0 Å². The van der Waals surface area contributed by atoms with Crippen molar-refractivity contribution in [3.05, 3.63) is 11.6 Å². The number of nitrogens with one attached hydrogen (secondary N) is 1. The van der Waals surface area contributed by atoms with Crippen molar-refractivity contribution in [1.29, 1.82) is 0 Å². The van der Waals surface area contributed by atoms with Gasteiger partial charge in [0, 0.05) is 32.7 Å². The maximum Gasteiger partial charge on any atom is 0.226 e. The van der Waals surface area contributed by atoms with E-state index in [0.29, 0.717) is 5.65 Å². The number of nitrogens with zero attached hydrogens (tertiary/aromatic N) is 5. The first-order valence-electron chi connectivity index (χ1n) is 6.22. The summed E-state index contributed by atoms with van der Waals surface area (Å²) in [6.45, 7) is 4.42. The summed E-state index contributed by atoms with van der Waals surface area (Å²) in [7, 11) is 0. The van der Waals surface area contributed by atoms with Crippen LogP contribution in [-0.2, 0) is 0 Å². The second-order valence-corrected chi connectivity index (χ2v) is 4.81. The molecule has 0 aromatic carbocycles. The van der Waals surface area contributed by atoms with Gasteiger partial charge in [-0.3, -0.25) is 4.90 Å². The van der Waals surface area contributed by atoms with E-state index >= 15 is 0 Å². The van der Waals surface area contributed by atoms with Crippen LogP contribution in [0.1, 0.15) is 0 Å². The Bertz CT molecular complexity index is 565.